The number of hydrogen-bond donors (Lipinski definition) is 1. The Kier molecular flexibility index (Phi) is 6.42. The zero-order valence-corrected chi connectivity index (χ0v) is 16.5. The predicted molar refractivity (Wildman–Crippen MR) is 106 cm³/mol. The Morgan fingerprint density at radius 3 is 2.08 bits per heavy atom. The first-order chi connectivity index (χ1) is 12.3. The van der Waals surface area contributed by atoms with Crippen molar-refractivity contribution in [2.24, 2.45) is 0 Å². The van der Waals surface area contributed by atoms with Crippen LogP contribution in [0.15, 0.2) is 48.5 Å². The van der Waals surface area contributed by atoms with Crippen LogP contribution in [0.1, 0.15) is 47.8 Å². The largest absolute Gasteiger partial charge is 0.345 e. The number of nitrogens with one attached hydrogen (secondary N) is 1. The molecule has 0 fully saturated rings. The van der Waals surface area contributed by atoms with Crippen molar-refractivity contribution >= 4 is 21.6 Å². The van der Waals surface area contributed by atoms with Gasteiger partial charge in [-0.3, -0.25) is 9.10 Å². The second-order valence-electron chi connectivity index (χ2n) is 6.32. The molecule has 2 aromatic carbocycles. The van der Waals surface area contributed by atoms with Gasteiger partial charge in [0.1, 0.15) is 0 Å². The SMILES string of the molecule is CC[C@@H](NC(=O)c1ccc(N(CC)S(C)(=O)=O)cc1)c1ccc(C)cc1. The minimum atomic E-state index is -3.33. The van der Waals surface area contributed by atoms with E-state index < -0.39 is 10.0 Å². The highest BCUT2D eigenvalue weighted by Gasteiger charge is 2.17. The van der Waals surface area contributed by atoms with Gasteiger partial charge in [0.15, 0.2) is 0 Å². The molecule has 2 aromatic rings. The van der Waals surface area contributed by atoms with E-state index in [0.29, 0.717) is 17.8 Å². The molecule has 0 aliphatic rings. The molecule has 1 amide bonds. The molecule has 0 saturated carbocycles. The normalized spacial score (nSPS) is 12.5. The summed E-state index contributed by atoms with van der Waals surface area (Å²) in [6.45, 7) is 6.17. The topological polar surface area (TPSA) is 66.5 Å². The number of benzene rings is 2. The lowest BCUT2D eigenvalue weighted by Gasteiger charge is -2.21. The summed E-state index contributed by atoms with van der Waals surface area (Å²) in [4.78, 5) is 12.6. The van der Waals surface area contributed by atoms with Gasteiger partial charge in [0.2, 0.25) is 10.0 Å². The van der Waals surface area contributed by atoms with E-state index in [2.05, 4.69) is 5.32 Å². The summed E-state index contributed by atoms with van der Waals surface area (Å²) < 4.78 is 24.9. The van der Waals surface area contributed by atoms with E-state index in [-0.39, 0.29) is 11.9 Å². The zero-order chi connectivity index (χ0) is 19.3. The summed E-state index contributed by atoms with van der Waals surface area (Å²) >= 11 is 0. The average Bonchev–Trinajstić information content (AvgIpc) is 2.60. The lowest BCUT2D eigenvalue weighted by molar-refractivity contribution is 0.0935. The van der Waals surface area contributed by atoms with Crippen LogP contribution in [-0.4, -0.2) is 27.1 Å². The van der Waals surface area contributed by atoms with Gasteiger partial charge in [-0.1, -0.05) is 36.8 Å². The van der Waals surface area contributed by atoms with Crippen LogP contribution in [0.2, 0.25) is 0 Å². The van der Waals surface area contributed by atoms with Crippen LogP contribution in [0.25, 0.3) is 0 Å². The number of hydrogen-bond acceptors (Lipinski definition) is 3. The van der Waals surface area contributed by atoms with Crippen LogP contribution >= 0.6 is 0 Å². The van der Waals surface area contributed by atoms with E-state index in [1.54, 1.807) is 31.2 Å². The number of carbonyl (C=O) groups is 1. The molecule has 26 heavy (non-hydrogen) atoms. The van der Waals surface area contributed by atoms with Crippen LogP contribution in [0.4, 0.5) is 5.69 Å². The van der Waals surface area contributed by atoms with Gasteiger partial charge in [0, 0.05) is 12.1 Å². The molecule has 140 valence electrons. The number of sulfonamides is 1. The molecule has 0 aliphatic carbocycles. The quantitative estimate of drug-likeness (QED) is 0.804. The van der Waals surface area contributed by atoms with Gasteiger partial charge in [0.25, 0.3) is 5.91 Å². The van der Waals surface area contributed by atoms with Crippen molar-refractivity contribution in [3.63, 3.8) is 0 Å². The van der Waals surface area contributed by atoms with Crippen molar-refractivity contribution in [1.29, 1.82) is 0 Å². The highest BCUT2D eigenvalue weighted by Crippen LogP contribution is 2.20. The number of rotatable bonds is 7. The Labute approximate surface area is 156 Å². The van der Waals surface area contributed by atoms with Crippen molar-refractivity contribution in [1.82, 2.24) is 5.32 Å². The van der Waals surface area contributed by atoms with Gasteiger partial charge in [0.05, 0.1) is 18.0 Å². The molecule has 1 atom stereocenters. The van der Waals surface area contributed by atoms with Crippen LogP contribution in [0.5, 0.6) is 0 Å². The Bertz CT molecular complexity index is 844. The van der Waals surface area contributed by atoms with Crippen molar-refractivity contribution in [3.8, 4) is 0 Å². The number of nitrogens with zero attached hydrogens (tertiary/aromatic N) is 1. The fourth-order valence-corrected chi connectivity index (χ4v) is 3.82. The molecular formula is C20H26N2O3S. The van der Waals surface area contributed by atoms with E-state index in [1.165, 1.54) is 16.1 Å². The van der Waals surface area contributed by atoms with Crippen LogP contribution in [0, 0.1) is 6.92 Å². The van der Waals surface area contributed by atoms with Crippen LogP contribution in [-0.2, 0) is 10.0 Å². The van der Waals surface area contributed by atoms with Gasteiger partial charge < -0.3 is 5.32 Å². The highest BCUT2D eigenvalue weighted by molar-refractivity contribution is 7.92. The zero-order valence-electron chi connectivity index (χ0n) is 15.7. The summed E-state index contributed by atoms with van der Waals surface area (Å²) in [7, 11) is -3.33. The van der Waals surface area contributed by atoms with Crippen LogP contribution < -0.4 is 9.62 Å². The van der Waals surface area contributed by atoms with Gasteiger partial charge in [-0.25, -0.2) is 8.42 Å². The van der Waals surface area contributed by atoms with E-state index in [9.17, 15) is 13.2 Å². The summed E-state index contributed by atoms with van der Waals surface area (Å²) in [6, 6.07) is 14.7. The molecule has 5 nitrogen and oxygen atoms in total. The van der Waals surface area contributed by atoms with Gasteiger partial charge in [-0.05, 0) is 50.1 Å². The van der Waals surface area contributed by atoms with Crippen molar-refractivity contribution < 1.29 is 13.2 Å². The highest BCUT2D eigenvalue weighted by atomic mass is 32.2. The molecule has 0 spiro atoms. The molecule has 1 N–H and O–H groups in total. The molecule has 0 bridgehead atoms. The van der Waals surface area contributed by atoms with E-state index >= 15 is 0 Å². The predicted octanol–water partition coefficient (Wildman–Crippen LogP) is 3.66. The Morgan fingerprint density at radius 1 is 1.04 bits per heavy atom. The second kappa shape index (κ2) is 8.36. The first-order valence-electron chi connectivity index (χ1n) is 8.71. The Morgan fingerprint density at radius 2 is 1.62 bits per heavy atom. The number of amides is 1. The molecule has 2 rings (SSSR count). The fraction of sp³-hybridized carbons (Fsp3) is 0.350. The molecule has 0 heterocycles. The van der Waals surface area contributed by atoms with Crippen LogP contribution in [0.3, 0.4) is 0 Å². The monoisotopic (exact) mass is 374 g/mol. The standard InChI is InChI=1S/C20H26N2O3S/c1-5-19(16-9-7-15(3)8-10-16)21-20(23)17-11-13-18(14-12-17)22(6-2)26(4,24)25/h7-14,19H,5-6H2,1-4H3,(H,21,23)/t19-/m1/s1. The van der Waals surface area contributed by atoms with E-state index in [0.717, 1.165) is 12.0 Å². The fourth-order valence-electron chi connectivity index (χ4n) is 2.85. The maximum Gasteiger partial charge on any atom is 0.251 e. The summed E-state index contributed by atoms with van der Waals surface area (Å²) in [5.74, 6) is -0.175. The lowest BCUT2D eigenvalue weighted by atomic mass is 10.0. The van der Waals surface area contributed by atoms with Gasteiger partial charge in [-0.15, -0.1) is 0 Å². The minimum Gasteiger partial charge on any atom is -0.345 e. The molecule has 0 saturated heterocycles. The van der Waals surface area contributed by atoms with Gasteiger partial charge in [-0.2, -0.15) is 0 Å². The summed E-state index contributed by atoms with van der Waals surface area (Å²) in [5, 5.41) is 3.04. The Balaban J connectivity index is 2.15. The summed E-state index contributed by atoms with van der Waals surface area (Å²) in [5.41, 5.74) is 3.30. The third-order valence-corrected chi connectivity index (χ3v) is 5.57. The number of anilines is 1. The smallest absolute Gasteiger partial charge is 0.251 e. The maximum atomic E-state index is 12.6. The molecule has 6 heteroatoms. The lowest BCUT2D eigenvalue weighted by Crippen LogP contribution is -2.30. The minimum absolute atomic E-state index is 0.0639. The number of carbonyl (C=O) groups excluding carboxylic acids is 1. The van der Waals surface area contributed by atoms with Crippen molar-refractivity contribution in [2.45, 2.75) is 33.2 Å². The molecule has 0 aliphatic heterocycles. The molecule has 0 aromatic heterocycles. The molecular weight excluding hydrogens is 348 g/mol. The van der Waals surface area contributed by atoms with Crippen molar-refractivity contribution in [2.75, 3.05) is 17.1 Å². The number of aryl methyl sites for hydroxylation is 1. The summed E-state index contributed by atoms with van der Waals surface area (Å²) in [6.07, 6.45) is 1.95. The van der Waals surface area contributed by atoms with E-state index in [4.69, 9.17) is 0 Å². The molecule has 0 radical (unpaired) electrons. The first-order valence-corrected chi connectivity index (χ1v) is 10.6. The maximum absolute atomic E-state index is 12.6. The van der Waals surface area contributed by atoms with Gasteiger partial charge >= 0.3 is 0 Å². The third-order valence-electron chi connectivity index (χ3n) is 4.30. The molecule has 0 unspecified atom stereocenters. The average molecular weight is 375 g/mol. The Hall–Kier alpha value is -2.34. The van der Waals surface area contributed by atoms with E-state index in [1.807, 2.05) is 38.1 Å². The van der Waals surface area contributed by atoms with Crippen molar-refractivity contribution in [3.05, 3.63) is 65.2 Å². The second-order valence-corrected chi connectivity index (χ2v) is 8.23. The third kappa shape index (κ3) is 4.85. The first kappa shape index (κ1) is 20.0.